The summed E-state index contributed by atoms with van der Waals surface area (Å²) in [6, 6.07) is 13.6. The van der Waals surface area contributed by atoms with Crippen LogP contribution in [-0.2, 0) is 17.8 Å². The Bertz CT molecular complexity index is 810. The topological polar surface area (TPSA) is 84.0 Å². The van der Waals surface area contributed by atoms with Crippen molar-refractivity contribution in [3.05, 3.63) is 59.2 Å². The van der Waals surface area contributed by atoms with Gasteiger partial charge in [-0.2, -0.15) is 0 Å². The van der Waals surface area contributed by atoms with Crippen LogP contribution in [0.25, 0.3) is 0 Å². The van der Waals surface area contributed by atoms with Gasteiger partial charge in [-0.15, -0.1) is 24.0 Å². The average molecular weight is 512 g/mol. The molecule has 0 aliphatic rings. The van der Waals surface area contributed by atoms with Gasteiger partial charge in [0.05, 0.1) is 20.8 Å². The number of benzene rings is 2. The number of aryl methyl sites for hydroxylation is 1. The van der Waals surface area contributed by atoms with Crippen LogP contribution >= 0.6 is 24.0 Å². The first-order chi connectivity index (χ1) is 13.5. The smallest absolute Gasteiger partial charge is 0.411 e. The molecule has 0 atom stereocenters. The second-order valence-corrected chi connectivity index (χ2v) is 6.18. The standard InChI is InChI=1S/C21H28N4O3.HI/c1-5-22-20(24-14-17-9-6-15(2)12-19(17)27-3)23-13-16-7-10-18(11-8-16)25-21(26)28-4;/h6-12H,5,13-14H2,1-4H3,(H,25,26)(H2,22,23,24);1H. The number of methoxy groups -OCH3 is 2. The Labute approximate surface area is 189 Å². The molecule has 0 unspecified atom stereocenters. The minimum atomic E-state index is -0.490. The Hall–Kier alpha value is -2.49. The van der Waals surface area contributed by atoms with Crippen molar-refractivity contribution in [2.45, 2.75) is 26.9 Å². The van der Waals surface area contributed by atoms with Gasteiger partial charge in [0.25, 0.3) is 0 Å². The normalized spacial score (nSPS) is 10.6. The molecule has 0 saturated heterocycles. The molecule has 0 bridgehead atoms. The Morgan fingerprint density at radius 1 is 1.07 bits per heavy atom. The maximum absolute atomic E-state index is 11.2. The number of anilines is 1. The number of guanidine groups is 1. The average Bonchev–Trinajstić information content (AvgIpc) is 2.71. The Morgan fingerprint density at radius 2 is 1.79 bits per heavy atom. The predicted octanol–water partition coefficient (Wildman–Crippen LogP) is 4.06. The predicted molar refractivity (Wildman–Crippen MR) is 127 cm³/mol. The summed E-state index contributed by atoms with van der Waals surface area (Å²) in [7, 11) is 3.01. The molecule has 29 heavy (non-hydrogen) atoms. The zero-order valence-corrected chi connectivity index (χ0v) is 19.6. The third-order valence-corrected chi connectivity index (χ3v) is 4.04. The second kappa shape index (κ2) is 12.9. The summed E-state index contributed by atoms with van der Waals surface area (Å²) in [5.74, 6) is 1.58. The van der Waals surface area contributed by atoms with E-state index in [2.05, 4.69) is 37.8 Å². The van der Waals surface area contributed by atoms with Crippen molar-refractivity contribution in [3.63, 3.8) is 0 Å². The van der Waals surface area contributed by atoms with Crippen molar-refractivity contribution in [2.24, 2.45) is 4.99 Å². The number of nitrogens with zero attached hydrogens (tertiary/aromatic N) is 1. The van der Waals surface area contributed by atoms with E-state index in [1.54, 1.807) is 7.11 Å². The molecule has 1 amide bonds. The van der Waals surface area contributed by atoms with E-state index in [4.69, 9.17) is 4.74 Å². The zero-order valence-electron chi connectivity index (χ0n) is 17.2. The van der Waals surface area contributed by atoms with Gasteiger partial charge in [0.15, 0.2) is 5.96 Å². The van der Waals surface area contributed by atoms with E-state index in [0.29, 0.717) is 18.8 Å². The number of carbonyl (C=O) groups excluding carboxylic acids is 1. The lowest BCUT2D eigenvalue weighted by molar-refractivity contribution is 0.187. The number of carbonyl (C=O) groups is 1. The first-order valence-corrected chi connectivity index (χ1v) is 9.15. The summed E-state index contributed by atoms with van der Waals surface area (Å²) in [4.78, 5) is 15.8. The van der Waals surface area contributed by atoms with E-state index in [1.807, 2.05) is 44.2 Å². The van der Waals surface area contributed by atoms with Crippen LogP contribution < -0.4 is 20.7 Å². The minimum absolute atomic E-state index is 0. The molecule has 3 N–H and O–H groups in total. The van der Waals surface area contributed by atoms with Gasteiger partial charge in [0.1, 0.15) is 5.75 Å². The van der Waals surface area contributed by atoms with Gasteiger partial charge < -0.3 is 20.1 Å². The summed E-state index contributed by atoms with van der Waals surface area (Å²) >= 11 is 0. The summed E-state index contributed by atoms with van der Waals surface area (Å²) < 4.78 is 10.0. The van der Waals surface area contributed by atoms with E-state index >= 15 is 0 Å². The minimum Gasteiger partial charge on any atom is -0.496 e. The Morgan fingerprint density at radius 3 is 2.41 bits per heavy atom. The highest BCUT2D eigenvalue weighted by Crippen LogP contribution is 2.19. The molecule has 2 rings (SSSR count). The molecule has 0 spiro atoms. The van der Waals surface area contributed by atoms with Gasteiger partial charge in [0.2, 0.25) is 0 Å². The van der Waals surface area contributed by atoms with Crippen LogP contribution in [0.5, 0.6) is 5.75 Å². The molecule has 0 aromatic heterocycles. The number of amides is 1. The number of ether oxygens (including phenoxy) is 2. The van der Waals surface area contributed by atoms with Crippen LogP contribution in [0, 0.1) is 6.92 Å². The highest BCUT2D eigenvalue weighted by Gasteiger charge is 2.05. The van der Waals surface area contributed by atoms with Crippen molar-refractivity contribution in [2.75, 3.05) is 26.1 Å². The number of halogens is 1. The van der Waals surface area contributed by atoms with E-state index in [1.165, 1.54) is 7.11 Å². The molecule has 0 aliphatic heterocycles. The number of hydrogen-bond acceptors (Lipinski definition) is 4. The van der Waals surface area contributed by atoms with Gasteiger partial charge in [-0.25, -0.2) is 9.79 Å². The number of hydrogen-bond donors (Lipinski definition) is 3. The molecule has 0 aliphatic carbocycles. The molecule has 158 valence electrons. The Balaban J connectivity index is 0.00000420. The molecule has 8 heteroatoms. The lowest BCUT2D eigenvalue weighted by atomic mass is 10.1. The van der Waals surface area contributed by atoms with E-state index in [9.17, 15) is 4.79 Å². The van der Waals surface area contributed by atoms with Gasteiger partial charge >= 0.3 is 6.09 Å². The van der Waals surface area contributed by atoms with Crippen LogP contribution in [-0.4, -0.2) is 32.8 Å². The zero-order chi connectivity index (χ0) is 20.4. The first kappa shape index (κ1) is 24.5. The third-order valence-electron chi connectivity index (χ3n) is 4.04. The van der Waals surface area contributed by atoms with Crippen molar-refractivity contribution in [1.82, 2.24) is 10.6 Å². The van der Waals surface area contributed by atoms with Gasteiger partial charge in [-0.1, -0.05) is 24.3 Å². The fraction of sp³-hybridized carbons (Fsp3) is 0.333. The summed E-state index contributed by atoms with van der Waals surface area (Å²) in [5, 5.41) is 9.20. The maximum atomic E-state index is 11.2. The van der Waals surface area contributed by atoms with Crippen LogP contribution in [0.4, 0.5) is 10.5 Å². The molecule has 0 radical (unpaired) electrons. The fourth-order valence-corrected chi connectivity index (χ4v) is 2.55. The molecule has 0 heterocycles. The second-order valence-electron chi connectivity index (χ2n) is 6.18. The molecule has 2 aromatic rings. The summed E-state index contributed by atoms with van der Waals surface area (Å²) in [6.07, 6.45) is -0.490. The van der Waals surface area contributed by atoms with Crippen molar-refractivity contribution < 1.29 is 14.3 Å². The van der Waals surface area contributed by atoms with E-state index in [-0.39, 0.29) is 24.0 Å². The maximum Gasteiger partial charge on any atom is 0.411 e. The van der Waals surface area contributed by atoms with Crippen molar-refractivity contribution in [1.29, 1.82) is 0 Å². The lowest BCUT2D eigenvalue weighted by Gasteiger charge is -2.14. The molecule has 2 aromatic carbocycles. The summed E-state index contributed by atoms with van der Waals surface area (Å²) in [5.41, 5.74) is 3.93. The first-order valence-electron chi connectivity index (χ1n) is 9.15. The number of aliphatic imine (C=N–C) groups is 1. The monoisotopic (exact) mass is 512 g/mol. The van der Waals surface area contributed by atoms with Crippen LogP contribution in [0.15, 0.2) is 47.5 Å². The van der Waals surface area contributed by atoms with Gasteiger partial charge in [-0.05, 0) is 43.2 Å². The van der Waals surface area contributed by atoms with E-state index in [0.717, 1.165) is 34.9 Å². The molecule has 0 saturated carbocycles. The highest BCUT2D eigenvalue weighted by molar-refractivity contribution is 14.0. The molecule has 7 nitrogen and oxygen atoms in total. The SMILES string of the molecule is CCNC(=NCc1ccc(NC(=O)OC)cc1)NCc1ccc(C)cc1OC.I. The molecular weight excluding hydrogens is 483 g/mol. The quantitative estimate of drug-likeness (QED) is 0.296. The number of nitrogens with one attached hydrogen (secondary N) is 3. The molecular formula is C21H29IN4O3. The summed E-state index contributed by atoms with van der Waals surface area (Å²) in [6.45, 7) is 5.95. The largest absolute Gasteiger partial charge is 0.496 e. The fourth-order valence-electron chi connectivity index (χ4n) is 2.55. The van der Waals surface area contributed by atoms with Gasteiger partial charge in [-0.3, -0.25) is 5.32 Å². The van der Waals surface area contributed by atoms with Gasteiger partial charge in [0, 0.05) is 24.3 Å². The number of rotatable bonds is 7. The highest BCUT2D eigenvalue weighted by atomic mass is 127. The third kappa shape index (κ3) is 8.18. The lowest BCUT2D eigenvalue weighted by Crippen LogP contribution is -2.36. The van der Waals surface area contributed by atoms with Crippen LogP contribution in [0.3, 0.4) is 0 Å². The van der Waals surface area contributed by atoms with E-state index < -0.39 is 6.09 Å². The van der Waals surface area contributed by atoms with Crippen molar-refractivity contribution in [3.8, 4) is 5.75 Å². The Kier molecular flexibility index (Phi) is 10.9. The van der Waals surface area contributed by atoms with Crippen LogP contribution in [0.2, 0.25) is 0 Å². The van der Waals surface area contributed by atoms with Crippen LogP contribution in [0.1, 0.15) is 23.6 Å². The van der Waals surface area contributed by atoms with Crippen molar-refractivity contribution >= 4 is 41.7 Å². The molecule has 0 fully saturated rings.